The van der Waals surface area contributed by atoms with E-state index in [-0.39, 0.29) is 28.9 Å². The molecule has 0 unspecified atom stereocenters. The average Bonchev–Trinajstić information content (AvgIpc) is 3.37. The van der Waals surface area contributed by atoms with Crippen LogP contribution in [0.15, 0.2) is 47.4 Å². The number of aryl methyl sites for hydroxylation is 2. The predicted octanol–water partition coefficient (Wildman–Crippen LogP) is 2.70. The molecular weight excluding hydrogens is 423 g/mol. The van der Waals surface area contributed by atoms with E-state index in [4.69, 9.17) is 5.73 Å². The maximum Gasteiger partial charge on any atom is 0.353 e. The second-order valence-electron chi connectivity index (χ2n) is 8.41. The van der Waals surface area contributed by atoms with Crippen LogP contribution in [0.2, 0.25) is 0 Å². The smallest absolute Gasteiger partial charge is 0.353 e. The number of anilines is 1. The van der Waals surface area contributed by atoms with Crippen LogP contribution >= 0.6 is 0 Å². The molecule has 33 heavy (non-hydrogen) atoms. The van der Waals surface area contributed by atoms with Gasteiger partial charge in [-0.3, -0.25) is 4.79 Å². The monoisotopic (exact) mass is 447 g/mol. The van der Waals surface area contributed by atoms with Gasteiger partial charge in [-0.1, -0.05) is 0 Å². The van der Waals surface area contributed by atoms with Crippen molar-refractivity contribution in [3.63, 3.8) is 0 Å². The Morgan fingerprint density at radius 1 is 1.18 bits per heavy atom. The first-order valence-corrected chi connectivity index (χ1v) is 10.8. The van der Waals surface area contributed by atoms with Crippen molar-refractivity contribution in [2.24, 2.45) is 0 Å². The summed E-state index contributed by atoms with van der Waals surface area (Å²) in [5, 5.41) is 10.9. The second-order valence-corrected chi connectivity index (χ2v) is 8.41. The van der Waals surface area contributed by atoms with Gasteiger partial charge >= 0.3 is 5.97 Å². The summed E-state index contributed by atoms with van der Waals surface area (Å²) in [7, 11) is 0. The highest BCUT2D eigenvalue weighted by molar-refractivity contribution is 6.08. The van der Waals surface area contributed by atoms with Crippen molar-refractivity contribution in [3.05, 3.63) is 86.7 Å². The van der Waals surface area contributed by atoms with Gasteiger partial charge in [0.2, 0.25) is 0 Å². The van der Waals surface area contributed by atoms with Gasteiger partial charge in [0.25, 0.3) is 5.56 Å². The summed E-state index contributed by atoms with van der Waals surface area (Å²) in [6.45, 7) is 0.318. The minimum atomic E-state index is -1.19. The van der Waals surface area contributed by atoms with Crippen molar-refractivity contribution in [1.82, 2.24) is 9.55 Å². The molecule has 0 bridgehead atoms. The summed E-state index contributed by atoms with van der Waals surface area (Å²) < 4.78 is 16.5. The number of rotatable bonds is 5. The molecule has 0 saturated heterocycles. The molecule has 2 aromatic carbocycles. The van der Waals surface area contributed by atoms with E-state index in [0.717, 1.165) is 30.4 Å². The van der Waals surface area contributed by atoms with E-state index in [0.29, 0.717) is 34.3 Å². The zero-order valence-electron chi connectivity index (χ0n) is 18.0. The SMILES string of the molecule is Nc1cc(Cn2c(C(=O)O)c(-c3ccc[nH]c3=O)c3cc4c(cc32)CCC4)c(F)cc1C[NH3+]. The number of hydrogen-bond acceptors (Lipinski definition) is 3. The summed E-state index contributed by atoms with van der Waals surface area (Å²) in [5.74, 6) is -1.66. The number of aromatic carboxylic acids is 1. The molecule has 0 fully saturated rings. The first-order chi connectivity index (χ1) is 15.9. The number of H-pyrrole nitrogens is 1. The van der Waals surface area contributed by atoms with Crippen molar-refractivity contribution in [1.29, 1.82) is 0 Å². The number of carbonyl (C=O) groups is 1. The topological polar surface area (TPSA) is 129 Å². The quantitative estimate of drug-likeness (QED) is 0.351. The molecule has 0 atom stereocenters. The van der Waals surface area contributed by atoms with Gasteiger partial charge in [0, 0.05) is 45.0 Å². The number of pyridine rings is 1. The highest BCUT2D eigenvalue weighted by Crippen LogP contribution is 2.38. The number of carboxylic acid groups (broad SMARTS) is 1. The van der Waals surface area contributed by atoms with Crippen LogP contribution in [0.3, 0.4) is 0 Å². The molecule has 0 saturated carbocycles. The number of nitrogens with two attached hydrogens (primary N) is 1. The first-order valence-electron chi connectivity index (χ1n) is 10.8. The third-order valence-electron chi connectivity index (χ3n) is 6.47. The first kappa shape index (κ1) is 21.0. The largest absolute Gasteiger partial charge is 0.477 e. The van der Waals surface area contributed by atoms with Gasteiger partial charge in [0.05, 0.1) is 6.54 Å². The maximum absolute atomic E-state index is 15.0. The third kappa shape index (κ3) is 3.39. The number of benzene rings is 2. The number of aromatic amines is 1. The van der Waals surface area contributed by atoms with Gasteiger partial charge in [-0.2, -0.15) is 0 Å². The zero-order valence-corrected chi connectivity index (χ0v) is 18.0. The van der Waals surface area contributed by atoms with Crippen LogP contribution in [0.25, 0.3) is 22.0 Å². The summed E-state index contributed by atoms with van der Waals surface area (Å²) in [6.07, 6.45) is 4.33. The number of carboxylic acids is 1. The highest BCUT2D eigenvalue weighted by atomic mass is 19.1. The van der Waals surface area contributed by atoms with E-state index in [1.54, 1.807) is 16.7 Å². The van der Waals surface area contributed by atoms with Gasteiger partial charge in [-0.05, 0) is 66.8 Å². The number of quaternary nitrogens is 1. The fraction of sp³-hybridized carbons (Fsp3) is 0.200. The molecule has 5 rings (SSSR count). The third-order valence-corrected chi connectivity index (χ3v) is 6.47. The van der Waals surface area contributed by atoms with Crippen LogP contribution in [0.5, 0.6) is 0 Å². The number of nitrogen functional groups attached to an aromatic ring is 1. The summed E-state index contributed by atoms with van der Waals surface area (Å²) in [5.41, 5.74) is 14.3. The fourth-order valence-electron chi connectivity index (χ4n) is 4.88. The van der Waals surface area contributed by atoms with Crippen molar-refractivity contribution < 1.29 is 20.0 Å². The predicted molar refractivity (Wildman–Crippen MR) is 123 cm³/mol. The Hall–Kier alpha value is -3.91. The van der Waals surface area contributed by atoms with Gasteiger partial charge in [-0.25, -0.2) is 9.18 Å². The molecule has 0 amide bonds. The van der Waals surface area contributed by atoms with Crippen LogP contribution in [0, 0.1) is 5.82 Å². The van der Waals surface area contributed by atoms with E-state index in [9.17, 15) is 19.1 Å². The van der Waals surface area contributed by atoms with Crippen LogP contribution < -0.4 is 17.0 Å². The van der Waals surface area contributed by atoms with Crippen molar-refractivity contribution in [3.8, 4) is 11.1 Å². The molecule has 4 aromatic rings. The molecule has 0 radical (unpaired) electrons. The minimum Gasteiger partial charge on any atom is -0.477 e. The average molecular weight is 447 g/mol. The maximum atomic E-state index is 15.0. The Labute approximate surface area is 188 Å². The van der Waals surface area contributed by atoms with E-state index < -0.39 is 11.8 Å². The molecular formula is C25H24FN4O3+. The number of halogens is 1. The van der Waals surface area contributed by atoms with Gasteiger partial charge in [-0.15, -0.1) is 0 Å². The lowest BCUT2D eigenvalue weighted by atomic mass is 10.00. The van der Waals surface area contributed by atoms with Crippen molar-refractivity contribution in [2.45, 2.75) is 32.4 Å². The molecule has 168 valence electrons. The minimum absolute atomic E-state index is 0.0326. The molecule has 1 aliphatic carbocycles. The molecule has 0 aliphatic heterocycles. The van der Waals surface area contributed by atoms with Crippen LogP contribution in [-0.4, -0.2) is 20.6 Å². The Morgan fingerprint density at radius 3 is 2.64 bits per heavy atom. The molecule has 0 spiro atoms. The van der Waals surface area contributed by atoms with E-state index in [1.165, 1.54) is 18.3 Å². The highest BCUT2D eigenvalue weighted by Gasteiger charge is 2.27. The number of aromatic nitrogens is 2. The van der Waals surface area contributed by atoms with E-state index in [1.807, 2.05) is 12.1 Å². The zero-order chi connectivity index (χ0) is 23.3. The van der Waals surface area contributed by atoms with Crippen molar-refractivity contribution >= 4 is 22.6 Å². The summed E-state index contributed by atoms with van der Waals surface area (Å²) >= 11 is 0. The number of nitrogens with one attached hydrogen (secondary N) is 1. The normalized spacial score (nSPS) is 12.9. The lowest BCUT2D eigenvalue weighted by Crippen LogP contribution is -2.47. The number of hydrogen-bond donors (Lipinski definition) is 4. The summed E-state index contributed by atoms with van der Waals surface area (Å²) in [4.78, 5) is 27.8. The van der Waals surface area contributed by atoms with Gasteiger partial charge in [0.15, 0.2) is 0 Å². The molecule has 2 aromatic heterocycles. The molecule has 8 heteroatoms. The van der Waals surface area contributed by atoms with Crippen molar-refractivity contribution in [2.75, 3.05) is 5.73 Å². The standard InChI is InChI=1S/C25H23FN4O3/c26-19-8-15(11-27)20(28)9-16(19)12-30-21-10-14-4-1-3-13(14)7-18(21)22(23(30)25(32)33)17-5-2-6-29-24(17)31/h2,5-10H,1,3-4,11-12,27-28H2,(H,29,31)(H,32,33)/p+1. The summed E-state index contributed by atoms with van der Waals surface area (Å²) in [6, 6.07) is 10.1. The molecule has 7 N–H and O–H groups in total. The van der Waals surface area contributed by atoms with E-state index in [2.05, 4.69) is 10.7 Å². The Bertz CT molecular complexity index is 1490. The van der Waals surface area contributed by atoms with Crippen LogP contribution in [0.4, 0.5) is 10.1 Å². The van der Waals surface area contributed by atoms with Crippen LogP contribution in [0.1, 0.15) is 39.2 Å². The number of nitrogens with zero attached hydrogens (tertiary/aromatic N) is 1. The number of fused-ring (bicyclic) bond motifs is 2. The second kappa shape index (κ2) is 7.90. The van der Waals surface area contributed by atoms with Gasteiger partial charge in [0.1, 0.15) is 18.1 Å². The molecule has 1 aliphatic rings. The fourth-order valence-corrected chi connectivity index (χ4v) is 4.88. The Balaban J connectivity index is 1.83. The Kier molecular flexibility index (Phi) is 5.02. The lowest BCUT2D eigenvalue weighted by molar-refractivity contribution is -0.386. The molecule has 7 nitrogen and oxygen atoms in total. The van der Waals surface area contributed by atoms with Gasteiger partial charge < -0.3 is 26.1 Å². The van der Waals surface area contributed by atoms with E-state index >= 15 is 0 Å². The van der Waals surface area contributed by atoms with Crippen LogP contribution in [-0.2, 0) is 25.9 Å². The lowest BCUT2D eigenvalue weighted by Gasteiger charge is -2.13. The molecule has 2 heterocycles. The Morgan fingerprint density at radius 2 is 1.94 bits per heavy atom.